The van der Waals surface area contributed by atoms with Crippen molar-refractivity contribution in [2.45, 2.75) is 25.1 Å². The Labute approximate surface area is 153 Å². The molecule has 1 aliphatic rings. The van der Waals surface area contributed by atoms with Gasteiger partial charge in [0.15, 0.2) is 6.61 Å². The van der Waals surface area contributed by atoms with Crippen LogP contribution in [0, 0.1) is 0 Å². The highest BCUT2D eigenvalue weighted by atomic mass is 19.4. The first-order valence-electron chi connectivity index (χ1n) is 8.43. The van der Waals surface area contributed by atoms with Crippen molar-refractivity contribution >= 4 is 5.91 Å². The quantitative estimate of drug-likeness (QED) is 0.797. The molecule has 2 heterocycles. The van der Waals surface area contributed by atoms with E-state index in [1.54, 1.807) is 23.4 Å². The van der Waals surface area contributed by atoms with Crippen LogP contribution in [0.1, 0.15) is 18.4 Å². The first kappa shape index (κ1) is 18.9. The van der Waals surface area contributed by atoms with Gasteiger partial charge in [-0.05, 0) is 37.1 Å². The number of piperidine rings is 1. The molecule has 1 unspecified atom stereocenters. The molecule has 1 saturated heterocycles. The fourth-order valence-electron chi connectivity index (χ4n) is 2.75. The summed E-state index contributed by atoms with van der Waals surface area (Å²) in [6.45, 7) is 0.555. The number of halogens is 3. The molecule has 0 spiro atoms. The van der Waals surface area contributed by atoms with Gasteiger partial charge >= 0.3 is 12.2 Å². The summed E-state index contributed by atoms with van der Waals surface area (Å²) < 4.78 is 49.1. The molecule has 1 aromatic carbocycles. The molecular formula is C18H18F3N3O3. The first-order chi connectivity index (χ1) is 12.9. The lowest BCUT2D eigenvalue weighted by Gasteiger charge is -2.32. The molecule has 1 amide bonds. The van der Waals surface area contributed by atoms with Crippen LogP contribution >= 0.6 is 0 Å². The number of hydrogen-bond acceptors (Lipinski definition) is 5. The van der Waals surface area contributed by atoms with Gasteiger partial charge in [-0.2, -0.15) is 13.2 Å². The molecule has 3 rings (SSSR count). The van der Waals surface area contributed by atoms with Gasteiger partial charge in [-0.25, -0.2) is 9.97 Å². The standard InChI is InChI=1S/C18H18F3N3O3/c19-18(20,21)13-4-1-5-14(10-13)26-12-16(25)24-9-2-6-15(11-24)27-17-22-7-3-8-23-17/h1,3-5,7-8,10,15H,2,6,9,11-12H2. The minimum atomic E-state index is -4.46. The van der Waals surface area contributed by atoms with Gasteiger partial charge in [0.2, 0.25) is 0 Å². The highest BCUT2D eigenvalue weighted by molar-refractivity contribution is 5.77. The fourth-order valence-corrected chi connectivity index (χ4v) is 2.75. The van der Waals surface area contributed by atoms with Crippen LogP contribution in [0.5, 0.6) is 11.8 Å². The van der Waals surface area contributed by atoms with E-state index < -0.39 is 11.7 Å². The van der Waals surface area contributed by atoms with Crippen LogP contribution < -0.4 is 9.47 Å². The number of amides is 1. The fraction of sp³-hybridized carbons (Fsp3) is 0.389. The van der Waals surface area contributed by atoms with E-state index in [1.165, 1.54) is 12.1 Å². The largest absolute Gasteiger partial charge is 0.484 e. The van der Waals surface area contributed by atoms with E-state index >= 15 is 0 Å². The number of aromatic nitrogens is 2. The van der Waals surface area contributed by atoms with Gasteiger partial charge in [0.25, 0.3) is 5.91 Å². The summed E-state index contributed by atoms with van der Waals surface area (Å²) in [7, 11) is 0. The molecule has 27 heavy (non-hydrogen) atoms. The van der Waals surface area contributed by atoms with E-state index in [4.69, 9.17) is 9.47 Å². The van der Waals surface area contributed by atoms with Gasteiger partial charge in [-0.1, -0.05) is 6.07 Å². The number of ether oxygens (including phenoxy) is 2. The molecule has 1 fully saturated rings. The topological polar surface area (TPSA) is 64.5 Å². The van der Waals surface area contributed by atoms with Crippen LogP contribution in [0.4, 0.5) is 13.2 Å². The Morgan fingerprint density at radius 2 is 2.00 bits per heavy atom. The molecule has 0 radical (unpaired) electrons. The molecule has 1 atom stereocenters. The number of nitrogens with zero attached hydrogens (tertiary/aromatic N) is 3. The Kier molecular flexibility index (Phi) is 5.78. The zero-order valence-electron chi connectivity index (χ0n) is 14.4. The van der Waals surface area contributed by atoms with Crippen LogP contribution in [0.3, 0.4) is 0 Å². The maximum absolute atomic E-state index is 12.7. The van der Waals surface area contributed by atoms with Crippen molar-refractivity contribution in [1.82, 2.24) is 14.9 Å². The number of carbonyl (C=O) groups excluding carboxylic acids is 1. The maximum Gasteiger partial charge on any atom is 0.416 e. The Balaban J connectivity index is 1.53. The second-order valence-corrected chi connectivity index (χ2v) is 6.07. The highest BCUT2D eigenvalue weighted by Crippen LogP contribution is 2.31. The molecule has 0 saturated carbocycles. The van der Waals surface area contributed by atoms with Crippen molar-refractivity contribution < 1.29 is 27.4 Å². The van der Waals surface area contributed by atoms with E-state index in [1.807, 2.05) is 0 Å². The SMILES string of the molecule is O=C(COc1cccc(C(F)(F)F)c1)N1CCCC(Oc2ncccn2)C1. The molecule has 6 nitrogen and oxygen atoms in total. The van der Waals surface area contributed by atoms with Crippen molar-refractivity contribution in [2.75, 3.05) is 19.7 Å². The maximum atomic E-state index is 12.7. The number of likely N-dealkylation sites (tertiary alicyclic amines) is 1. The van der Waals surface area contributed by atoms with Crippen LogP contribution in [0.2, 0.25) is 0 Å². The number of carbonyl (C=O) groups is 1. The van der Waals surface area contributed by atoms with Gasteiger partial charge in [0, 0.05) is 18.9 Å². The van der Waals surface area contributed by atoms with Crippen molar-refractivity contribution in [1.29, 1.82) is 0 Å². The molecule has 2 aromatic rings. The summed E-state index contributed by atoms with van der Waals surface area (Å²) in [5.74, 6) is -0.310. The number of rotatable bonds is 5. The van der Waals surface area contributed by atoms with Crippen LogP contribution in [0.15, 0.2) is 42.7 Å². The molecule has 0 aliphatic carbocycles. The summed E-state index contributed by atoms with van der Waals surface area (Å²) in [5, 5.41) is 0. The minimum absolute atomic E-state index is 0.000620. The Bertz CT molecular complexity index is 771. The summed E-state index contributed by atoms with van der Waals surface area (Å²) in [6.07, 6.45) is -0.0592. The van der Waals surface area contributed by atoms with Gasteiger partial charge in [-0.3, -0.25) is 4.79 Å². The predicted octanol–water partition coefficient (Wildman–Crippen LogP) is 2.94. The van der Waals surface area contributed by atoms with E-state index in [0.29, 0.717) is 13.1 Å². The van der Waals surface area contributed by atoms with Crippen LogP contribution in [-0.4, -0.2) is 46.6 Å². The molecule has 9 heteroatoms. The smallest absolute Gasteiger partial charge is 0.416 e. The molecule has 144 valence electrons. The second-order valence-electron chi connectivity index (χ2n) is 6.07. The first-order valence-corrected chi connectivity index (χ1v) is 8.43. The van der Waals surface area contributed by atoms with E-state index in [-0.39, 0.29) is 30.4 Å². The lowest BCUT2D eigenvalue weighted by molar-refractivity contribution is -0.137. The Morgan fingerprint density at radius 3 is 2.74 bits per heavy atom. The average Bonchev–Trinajstić information content (AvgIpc) is 2.67. The number of hydrogen-bond donors (Lipinski definition) is 0. The van der Waals surface area contributed by atoms with Crippen molar-refractivity contribution in [2.24, 2.45) is 0 Å². The zero-order chi connectivity index (χ0) is 19.3. The van der Waals surface area contributed by atoms with Gasteiger partial charge in [-0.15, -0.1) is 0 Å². The lowest BCUT2D eigenvalue weighted by atomic mass is 10.1. The summed E-state index contributed by atoms with van der Waals surface area (Å²) in [6, 6.07) is 6.38. The molecule has 1 aromatic heterocycles. The third-order valence-corrected chi connectivity index (χ3v) is 4.07. The van der Waals surface area contributed by atoms with E-state index in [9.17, 15) is 18.0 Å². The van der Waals surface area contributed by atoms with Gasteiger partial charge in [0.05, 0.1) is 12.1 Å². The normalized spacial score (nSPS) is 17.4. The predicted molar refractivity (Wildman–Crippen MR) is 89.2 cm³/mol. The van der Waals surface area contributed by atoms with Gasteiger partial charge in [0.1, 0.15) is 11.9 Å². The van der Waals surface area contributed by atoms with Gasteiger partial charge < -0.3 is 14.4 Å². The van der Waals surface area contributed by atoms with Crippen molar-refractivity contribution in [3.05, 3.63) is 48.3 Å². The third-order valence-electron chi connectivity index (χ3n) is 4.07. The van der Waals surface area contributed by atoms with Crippen molar-refractivity contribution in [3.8, 4) is 11.8 Å². The Morgan fingerprint density at radius 1 is 1.22 bits per heavy atom. The van der Waals surface area contributed by atoms with E-state index in [0.717, 1.165) is 25.0 Å². The molecule has 1 aliphatic heterocycles. The Hall–Kier alpha value is -2.84. The average molecular weight is 381 g/mol. The third kappa shape index (κ3) is 5.32. The molecule has 0 bridgehead atoms. The van der Waals surface area contributed by atoms with E-state index in [2.05, 4.69) is 9.97 Å². The zero-order valence-corrected chi connectivity index (χ0v) is 14.4. The highest BCUT2D eigenvalue weighted by Gasteiger charge is 2.31. The summed E-state index contributed by atoms with van der Waals surface area (Å²) in [5.41, 5.74) is -0.818. The lowest BCUT2D eigenvalue weighted by Crippen LogP contribution is -2.46. The molecular weight excluding hydrogens is 363 g/mol. The number of alkyl halides is 3. The molecule has 0 N–H and O–H groups in total. The van der Waals surface area contributed by atoms with Crippen LogP contribution in [0.25, 0.3) is 0 Å². The minimum Gasteiger partial charge on any atom is -0.484 e. The monoisotopic (exact) mass is 381 g/mol. The number of benzene rings is 1. The van der Waals surface area contributed by atoms with Crippen molar-refractivity contribution in [3.63, 3.8) is 0 Å². The summed E-state index contributed by atoms with van der Waals surface area (Å²) >= 11 is 0. The second kappa shape index (κ2) is 8.24. The summed E-state index contributed by atoms with van der Waals surface area (Å²) in [4.78, 5) is 21.9. The van der Waals surface area contributed by atoms with Crippen LogP contribution in [-0.2, 0) is 11.0 Å².